The topological polar surface area (TPSA) is 81.4 Å². The van der Waals surface area contributed by atoms with E-state index in [9.17, 15) is 12.8 Å². The molecule has 5 nitrogen and oxygen atoms in total. The number of nitrogen functional groups attached to an aromatic ring is 1. The van der Waals surface area contributed by atoms with Gasteiger partial charge in [0.15, 0.2) is 0 Å². The van der Waals surface area contributed by atoms with Gasteiger partial charge in [-0.05, 0) is 44.7 Å². The largest absolute Gasteiger partial charge is 0.398 e. The highest BCUT2D eigenvalue weighted by Gasteiger charge is 2.19. The van der Waals surface area contributed by atoms with Gasteiger partial charge < -0.3 is 10.5 Å². The average Bonchev–Trinajstić information content (AvgIpc) is 2.45. The first-order valence-electron chi connectivity index (χ1n) is 7.07. The van der Waals surface area contributed by atoms with Gasteiger partial charge in [0.2, 0.25) is 10.0 Å². The molecule has 0 radical (unpaired) electrons. The molecule has 21 heavy (non-hydrogen) atoms. The van der Waals surface area contributed by atoms with Crippen molar-refractivity contribution in [2.75, 3.05) is 18.9 Å². The summed E-state index contributed by atoms with van der Waals surface area (Å²) >= 11 is 0. The van der Waals surface area contributed by atoms with E-state index in [4.69, 9.17) is 10.5 Å². The second kappa shape index (κ2) is 6.72. The van der Waals surface area contributed by atoms with Crippen LogP contribution in [0.5, 0.6) is 0 Å². The smallest absolute Gasteiger partial charge is 0.240 e. The molecule has 1 aromatic carbocycles. The molecule has 2 rings (SSSR count). The number of sulfonamides is 1. The lowest BCUT2D eigenvalue weighted by Crippen LogP contribution is -2.29. The van der Waals surface area contributed by atoms with Gasteiger partial charge in [0.25, 0.3) is 0 Å². The molecule has 0 bridgehead atoms. The van der Waals surface area contributed by atoms with E-state index < -0.39 is 15.8 Å². The van der Waals surface area contributed by atoms with Gasteiger partial charge in [-0.1, -0.05) is 0 Å². The molecule has 0 aliphatic carbocycles. The monoisotopic (exact) mass is 316 g/mol. The number of anilines is 1. The van der Waals surface area contributed by atoms with Gasteiger partial charge >= 0.3 is 0 Å². The Morgan fingerprint density at radius 3 is 2.81 bits per heavy atom. The van der Waals surface area contributed by atoms with Gasteiger partial charge in [-0.3, -0.25) is 0 Å². The Hall–Kier alpha value is -1.18. The van der Waals surface area contributed by atoms with E-state index in [0.717, 1.165) is 31.9 Å². The lowest BCUT2D eigenvalue weighted by molar-refractivity contribution is 0.0123. The quantitative estimate of drug-likeness (QED) is 0.814. The third-order valence-corrected chi connectivity index (χ3v) is 5.14. The fourth-order valence-electron chi connectivity index (χ4n) is 2.30. The van der Waals surface area contributed by atoms with Gasteiger partial charge in [0.05, 0.1) is 11.0 Å². The zero-order chi connectivity index (χ0) is 15.5. The number of nitrogens with two attached hydrogens (primary N) is 1. The van der Waals surface area contributed by atoms with Crippen molar-refractivity contribution in [3.05, 3.63) is 23.5 Å². The molecule has 0 saturated carbocycles. The summed E-state index contributed by atoms with van der Waals surface area (Å²) in [4.78, 5) is -0.146. The highest BCUT2D eigenvalue weighted by molar-refractivity contribution is 7.89. The summed E-state index contributed by atoms with van der Waals surface area (Å²) < 4.78 is 45.8. The minimum atomic E-state index is -3.75. The average molecular weight is 316 g/mol. The fraction of sp³-hybridized carbons (Fsp3) is 0.571. The molecule has 3 N–H and O–H groups in total. The van der Waals surface area contributed by atoms with Gasteiger partial charge in [-0.2, -0.15) is 0 Å². The Bertz CT molecular complexity index is 575. The predicted octanol–water partition coefficient (Wildman–Crippen LogP) is 1.95. The number of nitrogens with one attached hydrogen (secondary N) is 1. The van der Waals surface area contributed by atoms with Crippen LogP contribution in [0.4, 0.5) is 10.1 Å². The molecule has 1 atom stereocenters. The van der Waals surface area contributed by atoms with E-state index >= 15 is 0 Å². The minimum absolute atomic E-state index is 0.0984. The van der Waals surface area contributed by atoms with E-state index in [-0.39, 0.29) is 28.8 Å². The highest BCUT2D eigenvalue weighted by Crippen LogP contribution is 2.21. The molecule has 1 saturated heterocycles. The van der Waals surface area contributed by atoms with Gasteiger partial charge in [0.1, 0.15) is 5.82 Å². The molecule has 1 heterocycles. The number of rotatable bonds is 5. The third-order valence-electron chi connectivity index (χ3n) is 3.70. The molecule has 0 aromatic heterocycles. The Morgan fingerprint density at radius 2 is 2.19 bits per heavy atom. The maximum atomic E-state index is 13.6. The minimum Gasteiger partial charge on any atom is -0.398 e. The highest BCUT2D eigenvalue weighted by atomic mass is 32.2. The number of halogens is 1. The summed E-state index contributed by atoms with van der Waals surface area (Å²) in [5, 5.41) is 0. The van der Waals surface area contributed by atoms with E-state index in [1.165, 1.54) is 13.0 Å². The van der Waals surface area contributed by atoms with Crippen LogP contribution in [0.25, 0.3) is 0 Å². The van der Waals surface area contributed by atoms with Gasteiger partial charge in [-0.15, -0.1) is 0 Å². The molecular formula is C14H21FN2O3S. The van der Waals surface area contributed by atoms with E-state index in [0.29, 0.717) is 6.42 Å². The first-order valence-corrected chi connectivity index (χ1v) is 8.55. The molecule has 1 aromatic rings. The van der Waals surface area contributed by atoms with Crippen LogP contribution in [0.1, 0.15) is 31.2 Å². The second-order valence-corrected chi connectivity index (χ2v) is 7.06. The Morgan fingerprint density at radius 1 is 1.43 bits per heavy atom. The molecule has 7 heteroatoms. The van der Waals surface area contributed by atoms with Crippen LogP contribution < -0.4 is 10.5 Å². The molecular weight excluding hydrogens is 295 g/mol. The summed E-state index contributed by atoms with van der Waals surface area (Å²) in [6.07, 6.45) is 3.83. The van der Waals surface area contributed by atoms with Crippen LogP contribution in [0.3, 0.4) is 0 Å². The summed E-state index contributed by atoms with van der Waals surface area (Å²) in [6, 6.07) is 2.27. The first kappa shape index (κ1) is 16.2. The van der Waals surface area contributed by atoms with Crippen LogP contribution >= 0.6 is 0 Å². The van der Waals surface area contributed by atoms with Crippen LogP contribution in [0, 0.1) is 12.7 Å². The Balaban J connectivity index is 1.98. The Labute approximate surface area is 124 Å². The normalized spacial score (nSPS) is 19.6. The van der Waals surface area contributed by atoms with Crippen molar-refractivity contribution in [2.45, 2.75) is 43.6 Å². The van der Waals surface area contributed by atoms with Crippen LogP contribution in [0.2, 0.25) is 0 Å². The molecule has 1 aliphatic heterocycles. The van der Waals surface area contributed by atoms with Crippen molar-refractivity contribution in [1.29, 1.82) is 0 Å². The predicted molar refractivity (Wildman–Crippen MR) is 78.9 cm³/mol. The number of benzene rings is 1. The summed E-state index contributed by atoms with van der Waals surface area (Å²) in [7, 11) is -3.75. The van der Waals surface area contributed by atoms with Crippen LogP contribution in [0.15, 0.2) is 17.0 Å². The summed E-state index contributed by atoms with van der Waals surface area (Å²) in [5.74, 6) is -0.619. The van der Waals surface area contributed by atoms with E-state index in [1.807, 2.05) is 0 Å². The first-order chi connectivity index (χ1) is 9.90. The maximum absolute atomic E-state index is 13.6. The molecule has 1 fully saturated rings. The number of hydrogen-bond acceptors (Lipinski definition) is 4. The van der Waals surface area contributed by atoms with Crippen molar-refractivity contribution in [1.82, 2.24) is 4.72 Å². The number of hydrogen-bond donors (Lipinski definition) is 2. The third kappa shape index (κ3) is 4.15. The zero-order valence-corrected chi connectivity index (χ0v) is 12.9. The van der Waals surface area contributed by atoms with Crippen molar-refractivity contribution < 1.29 is 17.5 Å². The summed E-state index contributed by atoms with van der Waals surface area (Å²) in [6.45, 7) is 2.51. The molecule has 1 unspecified atom stereocenters. The second-order valence-electron chi connectivity index (χ2n) is 5.29. The molecule has 0 amide bonds. The molecule has 1 aliphatic rings. The van der Waals surface area contributed by atoms with Crippen LogP contribution in [-0.2, 0) is 14.8 Å². The van der Waals surface area contributed by atoms with Crippen molar-refractivity contribution >= 4 is 15.7 Å². The standard InChI is InChI=1S/C14H21FN2O3S/c1-10-13(15)8-12(9-14(10)16)21(18,19)17-6-5-11-4-2-3-7-20-11/h8-9,11,17H,2-7,16H2,1H3. The maximum Gasteiger partial charge on any atom is 0.240 e. The van der Waals surface area contributed by atoms with Gasteiger partial charge in [-0.25, -0.2) is 17.5 Å². The van der Waals surface area contributed by atoms with E-state index in [2.05, 4.69) is 4.72 Å². The fourth-order valence-corrected chi connectivity index (χ4v) is 3.40. The van der Waals surface area contributed by atoms with E-state index in [1.54, 1.807) is 0 Å². The number of ether oxygens (including phenoxy) is 1. The zero-order valence-electron chi connectivity index (χ0n) is 12.1. The van der Waals surface area contributed by atoms with Gasteiger partial charge in [0, 0.05) is 24.4 Å². The molecule has 118 valence electrons. The lowest BCUT2D eigenvalue weighted by atomic mass is 10.1. The molecule has 0 spiro atoms. The van der Waals surface area contributed by atoms with Crippen LogP contribution in [-0.4, -0.2) is 27.7 Å². The lowest BCUT2D eigenvalue weighted by Gasteiger charge is -2.22. The SMILES string of the molecule is Cc1c(N)cc(S(=O)(=O)NCCC2CCCCO2)cc1F. The Kier molecular flexibility index (Phi) is 5.18. The summed E-state index contributed by atoms with van der Waals surface area (Å²) in [5.41, 5.74) is 6.00. The van der Waals surface area contributed by atoms with Crippen molar-refractivity contribution in [2.24, 2.45) is 0 Å². The van der Waals surface area contributed by atoms with Crippen molar-refractivity contribution in [3.8, 4) is 0 Å². The van der Waals surface area contributed by atoms with Crippen molar-refractivity contribution in [3.63, 3.8) is 0 Å².